The second-order valence-corrected chi connectivity index (χ2v) is 6.79. The minimum Gasteiger partial charge on any atom is -0.461 e. The molecule has 1 heterocycles. The van der Waals surface area contributed by atoms with Crippen LogP contribution in [-0.2, 0) is 4.74 Å². The summed E-state index contributed by atoms with van der Waals surface area (Å²) < 4.78 is 8.15. The molecule has 22 heavy (non-hydrogen) atoms. The number of esters is 1. The van der Waals surface area contributed by atoms with Crippen molar-refractivity contribution in [1.82, 2.24) is 9.78 Å². The minimum atomic E-state index is -0.294. The zero-order valence-corrected chi connectivity index (χ0v) is 14.0. The van der Waals surface area contributed by atoms with E-state index in [-0.39, 0.29) is 5.97 Å². The summed E-state index contributed by atoms with van der Waals surface area (Å²) in [6, 6.07) is 8.00. The van der Waals surface area contributed by atoms with E-state index in [9.17, 15) is 4.79 Å². The Morgan fingerprint density at radius 1 is 1.36 bits per heavy atom. The maximum Gasteiger partial charge on any atom is 0.359 e. The van der Waals surface area contributed by atoms with Crippen LogP contribution in [0.25, 0.3) is 5.69 Å². The highest BCUT2D eigenvalue weighted by Crippen LogP contribution is 2.54. The number of para-hydroxylation sites is 1. The monoisotopic (exact) mass is 360 g/mol. The first-order valence-corrected chi connectivity index (χ1v) is 8.54. The van der Waals surface area contributed by atoms with Crippen molar-refractivity contribution in [2.24, 2.45) is 0 Å². The molecule has 4 nitrogen and oxygen atoms in total. The predicted molar refractivity (Wildman–Crippen MR) is 86.6 cm³/mol. The van der Waals surface area contributed by atoms with Crippen molar-refractivity contribution >= 4 is 21.9 Å². The predicted octanol–water partition coefficient (Wildman–Crippen LogP) is 4.18. The summed E-state index contributed by atoms with van der Waals surface area (Å²) in [6.45, 7) is 2.21. The molecule has 1 aromatic heterocycles. The van der Waals surface area contributed by atoms with Gasteiger partial charge in [-0.05, 0) is 60.2 Å². The average Bonchev–Trinajstić information content (AvgIpc) is 3.20. The van der Waals surface area contributed by atoms with Gasteiger partial charge in [0.25, 0.3) is 0 Å². The number of nitrogens with zero attached hydrogens (tertiary/aromatic N) is 2. The molecule has 1 fully saturated rings. The van der Waals surface area contributed by atoms with Gasteiger partial charge in [0, 0.05) is 16.0 Å². The lowest BCUT2D eigenvalue weighted by atomic mass is 9.95. The van der Waals surface area contributed by atoms with E-state index >= 15 is 0 Å². The molecule has 5 heteroatoms. The molecule has 1 aromatic carbocycles. The average molecular weight is 361 g/mol. The van der Waals surface area contributed by atoms with E-state index < -0.39 is 0 Å². The van der Waals surface area contributed by atoms with Crippen LogP contribution in [-0.4, -0.2) is 22.4 Å². The third-order valence-corrected chi connectivity index (χ3v) is 5.41. The number of hydrogen-bond donors (Lipinski definition) is 0. The highest BCUT2D eigenvalue weighted by Gasteiger charge is 2.44. The quantitative estimate of drug-likeness (QED) is 0.771. The number of halogens is 1. The summed E-state index contributed by atoms with van der Waals surface area (Å²) >= 11 is 3.59. The third-order valence-electron chi connectivity index (χ3n) is 4.74. The minimum absolute atomic E-state index is 0.294. The third kappa shape index (κ3) is 1.95. The SMILES string of the molecule is CCOC(=O)c1nn(-c2ccccc2Br)c2c1C1CCC2C1. The first-order valence-electron chi connectivity index (χ1n) is 7.75. The molecule has 0 amide bonds. The molecule has 0 aliphatic heterocycles. The largest absolute Gasteiger partial charge is 0.461 e. The van der Waals surface area contributed by atoms with Crippen LogP contribution >= 0.6 is 15.9 Å². The van der Waals surface area contributed by atoms with Crippen LogP contribution in [0.15, 0.2) is 28.7 Å². The molecule has 0 saturated heterocycles. The van der Waals surface area contributed by atoms with Gasteiger partial charge in [0.15, 0.2) is 5.69 Å². The summed E-state index contributed by atoms with van der Waals surface area (Å²) in [6.07, 6.45) is 3.49. The van der Waals surface area contributed by atoms with Gasteiger partial charge < -0.3 is 4.74 Å². The number of carbonyl (C=O) groups excluding carboxylic acids is 1. The fourth-order valence-electron chi connectivity index (χ4n) is 3.89. The molecule has 114 valence electrons. The van der Waals surface area contributed by atoms with E-state index in [2.05, 4.69) is 21.0 Å². The highest BCUT2D eigenvalue weighted by molar-refractivity contribution is 9.10. The van der Waals surface area contributed by atoms with Gasteiger partial charge in [-0.3, -0.25) is 0 Å². The summed E-state index contributed by atoms with van der Waals surface area (Å²) in [5, 5.41) is 4.63. The first-order chi connectivity index (χ1) is 10.7. The Kier molecular flexibility index (Phi) is 3.33. The Bertz CT molecular complexity index is 753. The van der Waals surface area contributed by atoms with Gasteiger partial charge in [0.2, 0.25) is 0 Å². The fraction of sp³-hybridized carbons (Fsp3) is 0.412. The van der Waals surface area contributed by atoms with Gasteiger partial charge in [0.05, 0.1) is 18.0 Å². The summed E-state index contributed by atoms with van der Waals surface area (Å²) in [5.74, 6) is 0.690. The van der Waals surface area contributed by atoms with Crippen molar-refractivity contribution in [3.05, 3.63) is 45.7 Å². The van der Waals surface area contributed by atoms with E-state index in [1.165, 1.54) is 12.1 Å². The second kappa shape index (κ2) is 5.23. The van der Waals surface area contributed by atoms with E-state index in [4.69, 9.17) is 4.74 Å². The number of rotatable bonds is 3. The standard InChI is InChI=1S/C17H17BrN2O2/c1-2-22-17(21)15-14-10-7-8-11(9-10)16(14)20(19-15)13-6-4-3-5-12(13)18/h3-6,10-11H,2,7-9H2,1H3. The van der Waals surface area contributed by atoms with E-state index in [0.29, 0.717) is 24.1 Å². The Labute approximate surface area is 137 Å². The molecule has 2 unspecified atom stereocenters. The van der Waals surface area contributed by atoms with Crippen LogP contribution < -0.4 is 0 Å². The van der Waals surface area contributed by atoms with Crippen LogP contribution in [0.1, 0.15) is 59.8 Å². The number of ether oxygens (including phenoxy) is 1. The smallest absolute Gasteiger partial charge is 0.359 e. The zero-order chi connectivity index (χ0) is 15.3. The van der Waals surface area contributed by atoms with Crippen LogP contribution in [0, 0.1) is 0 Å². The van der Waals surface area contributed by atoms with Crippen molar-refractivity contribution < 1.29 is 9.53 Å². The molecule has 2 atom stereocenters. The van der Waals surface area contributed by atoms with Gasteiger partial charge in [-0.25, -0.2) is 9.48 Å². The first kappa shape index (κ1) is 14.0. The number of fused-ring (bicyclic) bond motifs is 5. The van der Waals surface area contributed by atoms with Crippen molar-refractivity contribution in [3.8, 4) is 5.69 Å². The van der Waals surface area contributed by atoms with Crippen molar-refractivity contribution in [2.45, 2.75) is 38.0 Å². The molecule has 0 N–H and O–H groups in total. The maximum atomic E-state index is 12.3. The fourth-order valence-corrected chi connectivity index (χ4v) is 4.34. The summed E-state index contributed by atoms with van der Waals surface area (Å²) in [7, 11) is 0. The molecular formula is C17H17BrN2O2. The molecule has 2 bridgehead atoms. The van der Waals surface area contributed by atoms with Gasteiger partial charge >= 0.3 is 5.97 Å². The number of aromatic nitrogens is 2. The summed E-state index contributed by atoms with van der Waals surface area (Å²) in [4.78, 5) is 12.3. The lowest BCUT2D eigenvalue weighted by Crippen LogP contribution is -2.09. The van der Waals surface area contributed by atoms with Gasteiger partial charge in [0.1, 0.15) is 0 Å². The molecular weight excluding hydrogens is 344 g/mol. The molecule has 2 aromatic rings. The van der Waals surface area contributed by atoms with E-state index in [0.717, 1.165) is 28.6 Å². The molecule has 2 aliphatic rings. The topological polar surface area (TPSA) is 44.1 Å². The molecule has 2 aliphatic carbocycles. The van der Waals surface area contributed by atoms with Gasteiger partial charge in [-0.15, -0.1) is 0 Å². The lowest BCUT2D eigenvalue weighted by molar-refractivity contribution is 0.0517. The number of benzene rings is 1. The lowest BCUT2D eigenvalue weighted by Gasteiger charge is -2.14. The van der Waals surface area contributed by atoms with Crippen LogP contribution in [0.2, 0.25) is 0 Å². The van der Waals surface area contributed by atoms with Crippen LogP contribution in [0.4, 0.5) is 0 Å². The Morgan fingerprint density at radius 3 is 2.91 bits per heavy atom. The van der Waals surface area contributed by atoms with E-state index in [1.807, 2.05) is 35.9 Å². The van der Waals surface area contributed by atoms with Crippen LogP contribution in [0.3, 0.4) is 0 Å². The van der Waals surface area contributed by atoms with Crippen molar-refractivity contribution in [1.29, 1.82) is 0 Å². The molecule has 4 rings (SSSR count). The Balaban J connectivity index is 1.91. The van der Waals surface area contributed by atoms with Crippen LogP contribution in [0.5, 0.6) is 0 Å². The Morgan fingerprint density at radius 2 is 2.14 bits per heavy atom. The molecule has 1 saturated carbocycles. The van der Waals surface area contributed by atoms with Crippen molar-refractivity contribution in [3.63, 3.8) is 0 Å². The number of hydrogen-bond acceptors (Lipinski definition) is 3. The van der Waals surface area contributed by atoms with Crippen molar-refractivity contribution in [2.75, 3.05) is 6.61 Å². The maximum absolute atomic E-state index is 12.3. The second-order valence-electron chi connectivity index (χ2n) is 5.94. The zero-order valence-electron chi connectivity index (χ0n) is 12.4. The molecule has 0 spiro atoms. The normalized spacial score (nSPS) is 21.9. The Hall–Kier alpha value is -1.62. The molecule has 0 radical (unpaired) electrons. The number of carbonyl (C=O) groups is 1. The van der Waals surface area contributed by atoms with Gasteiger partial charge in [-0.1, -0.05) is 12.1 Å². The van der Waals surface area contributed by atoms with E-state index in [1.54, 1.807) is 0 Å². The highest BCUT2D eigenvalue weighted by atomic mass is 79.9. The van der Waals surface area contributed by atoms with Gasteiger partial charge in [-0.2, -0.15) is 5.10 Å². The summed E-state index contributed by atoms with van der Waals surface area (Å²) in [5.41, 5.74) is 3.85.